The molecule has 0 saturated carbocycles. The molecule has 14 atom stereocenters. The first-order valence-electron chi connectivity index (χ1n) is 19.7. The average molecular weight is 789 g/mol. The molecular formula is C41H64N4O11. The van der Waals surface area contributed by atoms with E-state index in [1.165, 1.54) is 20.8 Å². The molecule has 0 spiro atoms. The lowest BCUT2D eigenvalue weighted by Gasteiger charge is -2.47. The zero-order chi connectivity index (χ0) is 41.7. The third-order valence-electron chi connectivity index (χ3n) is 11.4. The van der Waals surface area contributed by atoms with Crippen LogP contribution in [-0.2, 0) is 33.3 Å². The number of carbonyl (C=O) groups excluding carboxylic acids is 3. The summed E-state index contributed by atoms with van der Waals surface area (Å²) in [6.07, 6.45) is -5.55. The first-order valence-corrected chi connectivity index (χ1v) is 19.7. The minimum atomic E-state index is -2.04. The van der Waals surface area contributed by atoms with Crippen LogP contribution < -0.4 is 10.6 Å². The van der Waals surface area contributed by atoms with Crippen LogP contribution >= 0.6 is 0 Å². The second kappa shape index (κ2) is 19.0. The van der Waals surface area contributed by atoms with Crippen molar-refractivity contribution in [2.75, 3.05) is 32.6 Å². The third-order valence-corrected chi connectivity index (χ3v) is 11.4. The van der Waals surface area contributed by atoms with Crippen LogP contribution in [0.5, 0.6) is 0 Å². The summed E-state index contributed by atoms with van der Waals surface area (Å²) in [6, 6.07) is 8.55. The van der Waals surface area contributed by atoms with E-state index in [0.29, 0.717) is 12.1 Å². The summed E-state index contributed by atoms with van der Waals surface area (Å²) in [4.78, 5) is 47.9. The molecule has 0 aliphatic carbocycles. The molecule has 4 rings (SSSR count). The number of pyridine rings is 1. The Morgan fingerprint density at radius 2 is 1.75 bits per heavy atom. The van der Waals surface area contributed by atoms with Crippen molar-refractivity contribution >= 4 is 34.3 Å². The summed E-state index contributed by atoms with van der Waals surface area (Å²) in [5.41, 5.74) is -2.00. The molecule has 15 heteroatoms. The quantitative estimate of drug-likeness (QED) is 0.151. The molecule has 1 aromatic heterocycles. The van der Waals surface area contributed by atoms with Crippen LogP contribution in [0.15, 0.2) is 36.5 Å². The number of hydrogen-bond donors (Lipinski definition) is 6. The average Bonchev–Trinajstić information content (AvgIpc) is 3.15. The van der Waals surface area contributed by atoms with Crippen LogP contribution in [0, 0.1) is 17.8 Å². The highest BCUT2D eigenvalue weighted by Crippen LogP contribution is 2.37. The molecule has 1 amide bonds. The van der Waals surface area contributed by atoms with Crippen molar-refractivity contribution in [2.24, 2.45) is 17.8 Å². The Hall–Kier alpha value is -3.28. The molecule has 314 valence electrons. The van der Waals surface area contributed by atoms with Gasteiger partial charge >= 0.3 is 5.97 Å². The Morgan fingerprint density at radius 1 is 1.07 bits per heavy atom. The van der Waals surface area contributed by atoms with Gasteiger partial charge in [0.2, 0.25) is 5.91 Å². The van der Waals surface area contributed by atoms with Gasteiger partial charge < -0.3 is 54.9 Å². The van der Waals surface area contributed by atoms with Gasteiger partial charge in [0.1, 0.15) is 23.7 Å². The van der Waals surface area contributed by atoms with Gasteiger partial charge in [-0.05, 0) is 80.1 Å². The summed E-state index contributed by atoms with van der Waals surface area (Å²) in [7, 11) is 3.68. The maximum Gasteiger partial charge on any atom is 0.316 e. The maximum atomic E-state index is 14.4. The molecule has 2 saturated heterocycles. The normalized spacial score (nSPS) is 37.3. The van der Waals surface area contributed by atoms with E-state index >= 15 is 0 Å². The number of esters is 1. The number of anilines is 1. The number of aliphatic hydroxyl groups is 4. The number of amides is 1. The van der Waals surface area contributed by atoms with E-state index in [4.69, 9.17) is 18.9 Å². The van der Waals surface area contributed by atoms with E-state index in [2.05, 4.69) is 15.6 Å². The number of fused-ring (bicyclic) bond motifs is 1. The summed E-state index contributed by atoms with van der Waals surface area (Å²) >= 11 is 0. The Morgan fingerprint density at radius 3 is 2.41 bits per heavy atom. The summed E-state index contributed by atoms with van der Waals surface area (Å²) < 4.78 is 25.1. The highest BCUT2D eigenvalue weighted by atomic mass is 16.7. The van der Waals surface area contributed by atoms with E-state index in [0.717, 1.165) is 10.9 Å². The van der Waals surface area contributed by atoms with Crippen LogP contribution in [0.4, 0.5) is 5.69 Å². The van der Waals surface area contributed by atoms with Gasteiger partial charge in [-0.15, -0.1) is 0 Å². The van der Waals surface area contributed by atoms with Crippen molar-refractivity contribution in [3.05, 3.63) is 36.5 Å². The zero-order valence-corrected chi connectivity index (χ0v) is 34.5. The van der Waals surface area contributed by atoms with Gasteiger partial charge in [-0.1, -0.05) is 39.0 Å². The largest absolute Gasteiger partial charge is 0.459 e. The van der Waals surface area contributed by atoms with Crippen molar-refractivity contribution in [1.82, 2.24) is 15.2 Å². The molecule has 6 N–H and O–H groups in total. The second-order valence-electron chi connectivity index (χ2n) is 16.5. The molecule has 0 bridgehead atoms. The SMILES string of the molecule is CC[C@H]1OC(=O)[C@H](C)C(=O)[C@H](C)[C@@H](O[C@@H]2O[C@H](C)C[C@H](N(C)C)[C@H]2O)[C@](C)(OCC(O)CNc2cnc3ccccc3c2)C[C@@H](C)NC(=O)[C@H](C)[C@@H](O)[C@]1(C)O. The molecule has 1 unspecified atom stereocenters. The number of nitrogens with one attached hydrogen (secondary N) is 2. The first-order chi connectivity index (χ1) is 26.2. The van der Waals surface area contributed by atoms with Crippen molar-refractivity contribution in [2.45, 2.75) is 141 Å². The van der Waals surface area contributed by atoms with E-state index in [1.54, 1.807) is 33.9 Å². The fourth-order valence-corrected chi connectivity index (χ4v) is 7.99. The number of carbonyl (C=O) groups is 3. The Balaban J connectivity index is 1.72. The monoisotopic (exact) mass is 788 g/mol. The summed E-state index contributed by atoms with van der Waals surface area (Å²) in [5, 5.41) is 52.5. The predicted molar refractivity (Wildman–Crippen MR) is 209 cm³/mol. The molecule has 15 nitrogen and oxygen atoms in total. The third kappa shape index (κ3) is 10.6. The van der Waals surface area contributed by atoms with Crippen molar-refractivity contribution in [3.63, 3.8) is 0 Å². The van der Waals surface area contributed by atoms with Gasteiger partial charge in [0, 0.05) is 29.9 Å². The van der Waals surface area contributed by atoms with Crippen LogP contribution in [0.2, 0.25) is 0 Å². The zero-order valence-electron chi connectivity index (χ0n) is 34.5. The van der Waals surface area contributed by atoms with Gasteiger partial charge in [-0.25, -0.2) is 0 Å². The number of ether oxygens (including phenoxy) is 4. The smallest absolute Gasteiger partial charge is 0.316 e. The number of nitrogens with zero attached hydrogens (tertiary/aromatic N) is 2. The molecule has 2 aliphatic heterocycles. The summed E-state index contributed by atoms with van der Waals surface area (Å²) in [6.45, 7) is 12.5. The number of benzene rings is 1. The minimum Gasteiger partial charge on any atom is -0.459 e. The number of aromatic nitrogens is 1. The van der Waals surface area contributed by atoms with E-state index in [1.807, 2.05) is 56.3 Å². The molecular weight excluding hydrogens is 724 g/mol. The Bertz CT molecular complexity index is 1640. The van der Waals surface area contributed by atoms with E-state index in [-0.39, 0.29) is 38.1 Å². The Kier molecular flexibility index (Phi) is 15.4. The highest BCUT2D eigenvalue weighted by Gasteiger charge is 2.51. The number of likely N-dealkylation sites (N-methyl/N-ethyl adjacent to an activating group) is 1. The minimum absolute atomic E-state index is 0.0148. The van der Waals surface area contributed by atoms with Crippen molar-refractivity contribution in [3.8, 4) is 0 Å². The van der Waals surface area contributed by atoms with Crippen LogP contribution in [0.3, 0.4) is 0 Å². The number of aliphatic hydroxyl groups excluding tert-OH is 3. The van der Waals surface area contributed by atoms with Gasteiger partial charge in [0.15, 0.2) is 12.1 Å². The summed E-state index contributed by atoms with van der Waals surface area (Å²) in [5.74, 6) is -5.67. The standard InChI is InChI=1S/C41H64N4O11/c1-11-32-41(8,52)35(49)26(6)37(50)44-22(2)18-40(7,53-21-29(46)20-42-28-17-27-14-12-13-15-30(27)43-19-28)36(24(4)33(47)25(5)38(51)55-32)56-39-34(48)31(45(9)10)16-23(3)54-39/h12-15,17,19,22-26,29,31-32,34-36,39,42,46,48-49,52H,11,16,18,20-21H2,1-10H3,(H,44,50)/t22-,23-,24+,25-,26-,29?,31+,32-,34-,35-,36-,39+,40-,41-/m1/s1. The van der Waals surface area contributed by atoms with Crippen molar-refractivity contribution < 1.29 is 53.8 Å². The molecule has 2 fully saturated rings. The van der Waals surface area contributed by atoms with E-state index in [9.17, 15) is 34.8 Å². The maximum absolute atomic E-state index is 14.4. The van der Waals surface area contributed by atoms with Gasteiger partial charge in [0.05, 0.1) is 59.9 Å². The Labute approximate surface area is 330 Å². The van der Waals surface area contributed by atoms with Crippen LogP contribution in [0.25, 0.3) is 10.9 Å². The first kappa shape index (κ1) is 45.4. The van der Waals surface area contributed by atoms with Crippen LogP contribution in [-0.4, -0.2) is 141 Å². The lowest BCUT2D eigenvalue weighted by atomic mass is 9.79. The number of para-hydroxylation sites is 1. The molecule has 2 aromatic rings. The fourth-order valence-electron chi connectivity index (χ4n) is 7.99. The van der Waals surface area contributed by atoms with E-state index < -0.39 is 89.5 Å². The number of rotatable bonds is 10. The lowest BCUT2D eigenvalue weighted by molar-refractivity contribution is -0.298. The lowest BCUT2D eigenvalue weighted by Crippen LogP contribution is -2.60. The number of ketones is 1. The molecule has 56 heavy (non-hydrogen) atoms. The molecule has 1 aromatic carbocycles. The van der Waals surface area contributed by atoms with Gasteiger partial charge in [0.25, 0.3) is 0 Å². The molecule has 3 heterocycles. The number of cyclic esters (lactones) is 1. The van der Waals surface area contributed by atoms with Gasteiger partial charge in [-0.3, -0.25) is 19.4 Å². The number of hydrogen-bond acceptors (Lipinski definition) is 14. The second-order valence-corrected chi connectivity index (χ2v) is 16.5. The number of Topliss-reactive ketones (excluding diaryl/α,β-unsaturated/α-hetero) is 1. The molecule has 0 radical (unpaired) electrons. The predicted octanol–water partition coefficient (Wildman–Crippen LogP) is 2.41. The van der Waals surface area contributed by atoms with Crippen molar-refractivity contribution in [1.29, 1.82) is 0 Å². The van der Waals surface area contributed by atoms with Gasteiger partial charge in [-0.2, -0.15) is 0 Å². The highest BCUT2D eigenvalue weighted by molar-refractivity contribution is 6.00. The topological polar surface area (TPSA) is 209 Å². The molecule has 2 aliphatic rings. The van der Waals surface area contributed by atoms with Crippen LogP contribution in [0.1, 0.15) is 74.7 Å². The fraction of sp³-hybridized carbons (Fsp3) is 0.707.